The lowest BCUT2D eigenvalue weighted by atomic mass is 10.0. The SMILES string of the molecule is CON=C(C(=O)NC1C(=O)N2C(C(=O)O)=C(CO)CS[C@H]12)c1csc(N)n1. The van der Waals surface area contributed by atoms with Crippen molar-refractivity contribution >= 4 is 51.7 Å². The van der Waals surface area contributed by atoms with E-state index in [9.17, 15) is 24.6 Å². The molecule has 1 unspecified atom stereocenters. The number of β-lactam (4-membered cyclic amide) rings is 1. The molecule has 1 fully saturated rings. The van der Waals surface area contributed by atoms with Crippen LogP contribution in [0.15, 0.2) is 21.8 Å². The van der Waals surface area contributed by atoms with E-state index in [1.54, 1.807) is 0 Å². The van der Waals surface area contributed by atoms with Crippen LogP contribution in [-0.2, 0) is 19.2 Å². The van der Waals surface area contributed by atoms with Crippen LogP contribution in [0.25, 0.3) is 0 Å². The first kappa shape index (κ1) is 19.1. The van der Waals surface area contributed by atoms with Gasteiger partial charge in [0.05, 0.1) is 6.61 Å². The number of thioether (sulfide) groups is 1. The number of oxime groups is 1. The van der Waals surface area contributed by atoms with E-state index in [0.29, 0.717) is 0 Å². The van der Waals surface area contributed by atoms with Crippen molar-refractivity contribution in [2.75, 3.05) is 25.2 Å². The van der Waals surface area contributed by atoms with Crippen LogP contribution in [0.5, 0.6) is 0 Å². The molecule has 5 N–H and O–H groups in total. The minimum atomic E-state index is -1.30. The second-order valence-corrected chi connectivity index (χ2v) is 7.46. The van der Waals surface area contributed by atoms with Gasteiger partial charge in [0.25, 0.3) is 11.8 Å². The number of nitrogen functional groups attached to an aromatic ring is 1. The third-order valence-corrected chi connectivity index (χ3v) is 5.90. The Morgan fingerprint density at radius 1 is 1.56 bits per heavy atom. The van der Waals surface area contributed by atoms with E-state index in [2.05, 4.69) is 20.3 Å². The summed E-state index contributed by atoms with van der Waals surface area (Å²) in [5.41, 5.74) is 5.62. The molecule has 11 nitrogen and oxygen atoms in total. The number of nitrogens with two attached hydrogens (primary N) is 1. The van der Waals surface area contributed by atoms with Crippen LogP contribution in [0.1, 0.15) is 5.69 Å². The van der Waals surface area contributed by atoms with Crippen molar-refractivity contribution in [3.8, 4) is 0 Å². The van der Waals surface area contributed by atoms with E-state index >= 15 is 0 Å². The number of aliphatic hydroxyl groups is 1. The van der Waals surface area contributed by atoms with Gasteiger partial charge < -0.3 is 26.1 Å². The number of aliphatic hydroxyl groups excluding tert-OH is 1. The Kier molecular flexibility index (Phi) is 5.34. The maximum atomic E-state index is 12.6. The Hall–Kier alpha value is -2.64. The molecule has 2 amide bonds. The van der Waals surface area contributed by atoms with Crippen LogP contribution < -0.4 is 11.1 Å². The summed E-state index contributed by atoms with van der Waals surface area (Å²) in [4.78, 5) is 46.2. The van der Waals surface area contributed by atoms with Crippen molar-refractivity contribution in [1.29, 1.82) is 0 Å². The Labute approximate surface area is 160 Å². The molecule has 0 saturated carbocycles. The number of nitrogens with one attached hydrogen (secondary N) is 1. The monoisotopic (exact) mass is 413 g/mol. The smallest absolute Gasteiger partial charge is 0.352 e. The number of nitrogens with zero attached hydrogens (tertiary/aromatic N) is 3. The van der Waals surface area contributed by atoms with Gasteiger partial charge in [0, 0.05) is 11.1 Å². The first-order valence-electron chi connectivity index (χ1n) is 7.53. The molecule has 2 aliphatic rings. The van der Waals surface area contributed by atoms with Crippen LogP contribution in [0.3, 0.4) is 0 Å². The average molecular weight is 413 g/mol. The molecule has 0 spiro atoms. The van der Waals surface area contributed by atoms with Gasteiger partial charge in [-0.3, -0.25) is 14.5 Å². The van der Waals surface area contributed by atoms with Gasteiger partial charge >= 0.3 is 5.97 Å². The molecule has 3 heterocycles. The Morgan fingerprint density at radius 2 is 2.30 bits per heavy atom. The van der Waals surface area contributed by atoms with Crippen molar-refractivity contribution in [2.24, 2.45) is 5.16 Å². The van der Waals surface area contributed by atoms with Crippen LogP contribution in [-0.4, -0.2) is 74.5 Å². The topological polar surface area (TPSA) is 167 Å². The summed E-state index contributed by atoms with van der Waals surface area (Å²) in [6.07, 6.45) is 0. The second-order valence-electron chi connectivity index (χ2n) is 5.47. The predicted octanol–water partition coefficient (Wildman–Crippen LogP) is -1.19. The van der Waals surface area contributed by atoms with Gasteiger partial charge in [0.15, 0.2) is 10.8 Å². The maximum Gasteiger partial charge on any atom is 0.352 e. The first-order valence-corrected chi connectivity index (χ1v) is 9.46. The zero-order valence-corrected chi connectivity index (χ0v) is 15.5. The fraction of sp³-hybridized carbons (Fsp3) is 0.357. The second kappa shape index (κ2) is 7.54. The largest absolute Gasteiger partial charge is 0.477 e. The summed E-state index contributed by atoms with van der Waals surface area (Å²) < 4.78 is 0. The Bertz CT molecular complexity index is 866. The van der Waals surface area contributed by atoms with Gasteiger partial charge in [-0.1, -0.05) is 5.16 Å². The fourth-order valence-electron chi connectivity index (χ4n) is 2.71. The third kappa shape index (κ3) is 3.36. The quantitative estimate of drug-likeness (QED) is 0.254. The maximum absolute atomic E-state index is 12.6. The molecule has 0 radical (unpaired) electrons. The number of aliphatic carboxylic acids is 1. The number of amides is 2. The summed E-state index contributed by atoms with van der Waals surface area (Å²) in [7, 11) is 1.26. The predicted molar refractivity (Wildman–Crippen MR) is 96.8 cm³/mol. The number of carboxylic acids is 1. The molecule has 3 rings (SSSR count). The van der Waals surface area contributed by atoms with E-state index < -0.39 is 35.8 Å². The van der Waals surface area contributed by atoms with Gasteiger partial charge in [-0.25, -0.2) is 9.78 Å². The van der Waals surface area contributed by atoms with Crippen molar-refractivity contribution in [1.82, 2.24) is 15.2 Å². The van der Waals surface area contributed by atoms with Crippen molar-refractivity contribution in [3.05, 3.63) is 22.3 Å². The standard InChI is InChI=1S/C14H15N5O6S2/c1-25-18-7(6-4-27-14(15)16-6)10(21)17-8-11(22)19-9(13(23)24)5(2-20)3-26-12(8)19/h4,8,12,20H,2-3H2,1H3,(H2,15,16)(H,17,21)(H,23,24)/t8?,12-/m1/s1. The zero-order chi connectivity index (χ0) is 19.7. The highest BCUT2D eigenvalue weighted by molar-refractivity contribution is 8.00. The number of hydrogen-bond acceptors (Lipinski definition) is 10. The van der Waals surface area contributed by atoms with Crippen molar-refractivity contribution in [3.63, 3.8) is 0 Å². The number of carbonyl (C=O) groups is 3. The molecule has 27 heavy (non-hydrogen) atoms. The molecule has 2 aliphatic heterocycles. The van der Waals surface area contributed by atoms with E-state index in [1.807, 2.05) is 0 Å². The van der Waals surface area contributed by atoms with E-state index in [4.69, 9.17) is 5.73 Å². The fourth-order valence-corrected chi connectivity index (χ4v) is 4.59. The Morgan fingerprint density at radius 3 is 2.85 bits per heavy atom. The first-order chi connectivity index (χ1) is 12.9. The normalized spacial score (nSPS) is 22.2. The minimum Gasteiger partial charge on any atom is -0.477 e. The summed E-state index contributed by atoms with van der Waals surface area (Å²) in [6.45, 7) is -0.460. The van der Waals surface area contributed by atoms with Gasteiger partial charge in [-0.15, -0.1) is 23.1 Å². The molecule has 0 bridgehead atoms. The highest BCUT2D eigenvalue weighted by Gasteiger charge is 2.54. The molecule has 0 aliphatic carbocycles. The third-order valence-electron chi connectivity index (χ3n) is 3.89. The number of hydrogen-bond donors (Lipinski definition) is 4. The summed E-state index contributed by atoms with van der Waals surface area (Å²) >= 11 is 2.37. The number of carbonyl (C=O) groups excluding carboxylic acids is 2. The number of fused-ring (bicyclic) bond motifs is 1. The molecule has 0 aromatic carbocycles. The molecule has 1 aromatic heterocycles. The van der Waals surface area contributed by atoms with E-state index in [-0.39, 0.29) is 33.6 Å². The van der Waals surface area contributed by atoms with Crippen LogP contribution >= 0.6 is 23.1 Å². The lowest BCUT2D eigenvalue weighted by molar-refractivity contribution is -0.150. The Balaban J connectivity index is 1.79. The zero-order valence-electron chi connectivity index (χ0n) is 13.9. The lowest BCUT2D eigenvalue weighted by Gasteiger charge is -2.49. The highest BCUT2D eigenvalue weighted by Crippen LogP contribution is 2.40. The van der Waals surface area contributed by atoms with E-state index in [0.717, 1.165) is 16.2 Å². The number of aromatic nitrogens is 1. The van der Waals surface area contributed by atoms with Crippen molar-refractivity contribution in [2.45, 2.75) is 11.4 Å². The molecule has 2 atom stereocenters. The average Bonchev–Trinajstić information content (AvgIpc) is 3.08. The van der Waals surface area contributed by atoms with Crippen LogP contribution in [0, 0.1) is 0 Å². The van der Waals surface area contributed by atoms with Gasteiger partial charge in [-0.05, 0) is 5.57 Å². The molecular weight excluding hydrogens is 398 g/mol. The van der Waals surface area contributed by atoms with Gasteiger partial charge in [0.2, 0.25) is 0 Å². The summed E-state index contributed by atoms with van der Waals surface area (Å²) in [6, 6.07) is -0.935. The highest BCUT2D eigenvalue weighted by atomic mass is 32.2. The van der Waals surface area contributed by atoms with Gasteiger partial charge in [-0.2, -0.15) is 0 Å². The molecule has 13 heteroatoms. The molecule has 1 aromatic rings. The molecule has 144 valence electrons. The number of rotatable bonds is 6. The van der Waals surface area contributed by atoms with E-state index in [1.165, 1.54) is 24.3 Å². The number of carboxylic acid groups (broad SMARTS) is 1. The van der Waals surface area contributed by atoms with Crippen LogP contribution in [0.4, 0.5) is 5.13 Å². The summed E-state index contributed by atoms with van der Waals surface area (Å²) in [5.74, 6) is -2.35. The number of thiazole rings is 1. The molecule has 1 saturated heterocycles. The lowest BCUT2D eigenvalue weighted by Crippen LogP contribution is -2.71. The van der Waals surface area contributed by atoms with Gasteiger partial charge in [0.1, 0.15) is 29.9 Å². The summed E-state index contributed by atoms with van der Waals surface area (Å²) in [5, 5.41) is 26.0. The molecular formula is C14H15N5O6S2. The number of anilines is 1. The minimum absolute atomic E-state index is 0.150. The van der Waals surface area contributed by atoms with Crippen molar-refractivity contribution < 1.29 is 29.4 Å². The van der Waals surface area contributed by atoms with Crippen LogP contribution in [0.2, 0.25) is 0 Å².